The van der Waals surface area contributed by atoms with Crippen LogP contribution >= 0.6 is 0 Å². The Balaban J connectivity index is 1.88. The molecule has 0 fully saturated rings. The van der Waals surface area contributed by atoms with E-state index in [1.54, 1.807) is 0 Å². The van der Waals surface area contributed by atoms with Gasteiger partial charge >= 0.3 is 0 Å². The van der Waals surface area contributed by atoms with E-state index in [0.29, 0.717) is 12.1 Å². The standard InChI is InChI=1S/C19H31NO/c1-3-5-7-11-16(12-8-6-4-2)20-18-15-21-19-14-10-9-13-17(18)19/h9-10,13-14,16,18,20H,3-8,11-12,15H2,1-2H3. The van der Waals surface area contributed by atoms with Crippen molar-refractivity contribution in [2.45, 2.75) is 77.3 Å². The lowest BCUT2D eigenvalue weighted by Gasteiger charge is -2.22. The third kappa shape index (κ3) is 5.03. The van der Waals surface area contributed by atoms with E-state index in [9.17, 15) is 0 Å². The molecular weight excluding hydrogens is 258 g/mol. The molecule has 118 valence electrons. The summed E-state index contributed by atoms with van der Waals surface area (Å²) in [5, 5.41) is 3.86. The van der Waals surface area contributed by atoms with Crippen molar-refractivity contribution in [3.05, 3.63) is 29.8 Å². The molecule has 0 spiro atoms. The SMILES string of the molecule is CCCCCC(CCCCC)NC1COc2ccccc21. The van der Waals surface area contributed by atoms with Crippen LogP contribution in [-0.2, 0) is 0 Å². The number of para-hydroxylation sites is 1. The quantitative estimate of drug-likeness (QED) is 0.595. The van der Waals surface area contributed by atoms with Gasteiger partial charge in [-0.05, 0) is 18.9 Å². The Morgan fingerprint density at radius 1 is 1.05 bits per heavy atom. The van der Waals surface area contributed by atoms with Gasteiger partial charge in [0, 0.05) is 11.6 Å². The van der Waals surface area contributed by atoms with Gasteiger partial charge in [0.25, 0.3) is 0 Å². The summed E-state index contributed by atoms with van der Waals surface area (Å²) in [5.41, 5.74) is 1.34. The van der Waals surface area contributed by atoms with E-state index in [-0.39, 0.29) is 0 Å². The highest BCUT2D eigenvalue weighted by Crippen LogP contribution is 2.32. The molecule has 1 aromatic rings. The normalized spacial score (nSPS) is 17.0. The first-order valence-electron chi connectivity index (χ1n) is 8.83. The number of benzene rings is 1. The number of unbranched alkanes of at least 4 members (excludes halogenated alkanes) is 4. The van der Waals surface area contributed by atoms with E-state index in [1.165, 1.54) is 56.9 Å². The number of hydrogen-bond donors (Lipinski definition) is 1. The zero-order valence-corrected chi connectivity index (χ0v) is 13.7. The number of hydrogen-bond acceptors (Lipinski definition) is 2. The molecule has 2 rings (SSSR count). The minimum absolute atomic E-state index is 0.384. The molecule has 0 saturated heterocycles. The maximum Gasteiger partial charge on any atom is 0.124 e. The minimum atomic E-state index is 0.384. The van der Waals surface area contributed by atoms with Crippen LogP contribution in [0.1, 0.15) is 76.8 Å². The first-order valence-corrected chi connectivity index (χ1v) is 8.83. The smallest absolute Gasteiger partial charge is 0.124 e. The molecule has 1 atom stereocenters. The Morgan fingerprint density at radius 3 is 2.38 bits per heavy atom. The predicted octanol–water partition coefficient (Wildman–Crippen LogP) is 5.24. The summed E-state index contributed by atoms with van der Waals surface area (Å²) in [6.07, 6.45) is 10.6. The van der Waals surface area contributed by atoms with Crippen LogP contribution < -0.4 is 10.1 Å². The van der Waals surface area contributed by atoms with Gasteiger partial charge in [-0.1, -0.05) is 70.6 Å². The van der Waals surface area contributed by atoms with Crippen molar-refractivity contribution in [2.24, 2.45) is 0 Å². The fourth-order valence-electron chi connectivity index (χ4n) is 3.18. The van der Waals surface area contributed by atoms with Crippen molar-refractivity contribution in [1.29, 1.82) is 0 Å². The van der Waals surface area contributed by atoms with Crippen LogP contribution in [0.4, 0.5) is 0 Å². The summed E-state index contributed by atoms with van der Waals surface area (Å²) >= 11 is 0. The average molecular weight is 289 g/mol. The highest BCUT2D eigenvalue weighted by molar-refractivity contribution is 5.39. The lowest BCUT2D eigenvalue weighted by molar-refractivity contribution is 0.285. The summed E-state index contributed by atoms with van der Waals surface area (Å²) in [7, 11) is 0. The van der Waals surface area contributed by atoms with Gasteiger partial charge in [-0.25, -0.2) is 0 Å². The molecular formula is C19H31NO. The molecule has 0 bridgehead atoms. The van der Waals surface area contributed by atoms with Gasteiger partial charge in [-0.3, -0.25) is 0 Å². The summed E-state index contributed by atoms with van der Waals surface area (Å²) in [6.45, 7) is 5.35. The van der Waals surface area contributed by atoms with E-state index >= 15 is 0 Å². The second-order valence-electron chi connectivity index (χ2n) is 6.26. The zero-order valence-electron chi connectivity index (χ0n) is 13.7. The van der Waals surface area contributed by atoms with Gasteiger partial charge in [0.15, 0.2) is 0 Å². The largest absolute Gasteiger partial charge is 0.491 e. The minimum Gasteiger partial charge on any atom is -0.491 e. The Labute approximate surface area is 130 Å². The van der Waals surface area contributed by atoms with Crippen molar-refractivity contribution >= 4 is 0 Å². The lowest BCUT2D eigenvalue weighted by Crippen LogP contribution is -2.33. The second kappa shape index (κ2) is 9.09. The highest BCUT2D eigenvalue weighted by Gasteiger charge is 2.25. The van der Waals surface area contributed by atoms with Gasteiger partial charge in [0.05, 0.1) is 6.04 Å². The molecule has 0 radical (unpaired) electrons. The van der Waals surface area contributed by atoms with E-state index in [2.05, 4.69) is 43.4 Å². The molecule has 1 aliphatic rings. The zero-order chi connectivity index (χ0) is 14.9. The van der Waals surface area contributed by atoms with Gasteiger partial charge < -0.3 is 10.1 Å². The molecule has 1 aromatic carbocycles. The number of nitrogens with one attached hydrogen (secondary N) is 1. The number of fused-ring (bicyclic) bond motifs is 1. The third-order valence-electron chi connectivity index (χ3n) is 4.45. The fourth-order valence-corrected chi connectivity index (χ4v) is 3.18. The Bertz CT molecular complexity index is 394. The van der Waals surface area contributed by atoms with Crippen molar-refractivity contribution in [3.8, 4) is 5.75 Å². The van der Waals surface area contributed by atoms with Gasteiger partial charge in [0.1, 0.15) is 12.4 Å². The summed E-state index contributed by atoms with van der Waals surface area (Å²) in [4.78, 5) is 0. The van der Waals surface area contributed by atoms with Crippen LogP contribution in [0, 0.1) is 0 Å². The average Bonchev–Trinajstić information content (AvgIpc) is 2.91. The molecule has 1 N–H and O–H groups in total. The monoisotopic (exact) mass is 289 g/mol. The lowest BCUT2D eigenvalue weighted by atomic mass is 9.99. The van der Waals surface area contributed by atoms with Crippen LogP contribution in [0.25, 0.3) is 0 Å². The first kappa shape index (κ1) is 16.4. The van der Waals surface area contributed by atoms with E-state index in [1.807, 2.05) is 0 Å². The molecule has 0 amide bonds. The van der Waals surface area contributed by atoms with E-state index in [0.717, 1.165) is 12.4 Å². The van der Waals surface area contributed by atoms with Crippen molar-refractivity contribution < 1.29 is 4.74 Å². The molecule has 1 unspecified atom stereocenters. The highest BCUT2D eigenvalue weighted by atomic mass is 16.5. The van der Waals surface area contributed by atoms with Gasteiger partial charge in [-0.15, -0.1) is 0 Å². The molecule has 0 aliphatic carbocycles. The number of ether oxygens (including phenoxy) is 1. The van der Waals surface area contributed by atoms with Crippen LogP contribution in [0.2, 0.25) is 0 Å². The number of rotatable bonds is 10. The molecule has 2 nitrogen and oxygen atoms in total. The first-order chi connectivity index (χ1) is 10.3. The van der Waals surface area contributed by atoms with Crippen LogP contribution in [0.3, 0.4) is 0 Å². The Hall–Kier alpha value is -1.02. The fraction of sp³-hybridized carbons (Fsp3) is 0.684. The summed E-state index contributed by atoms with van der Waals surface area (Å²) in [5.74, 6) is 1.07. The van der Waals surface area contributed by atoms with Crippen LogP contribution in [-0.4, -0.2) is 12.6 Å². The second-order valence-corrected chi connectivity index (χ2v) is 6.26. The molecule has 0 aromatic heterocycles. The van der Waals surface area contributed by atoms with Crippen molar-refractivity contribution in [1.82, 2.24) is 5.32 Å². The van der Waals surface area contributed by atoms with Crippen LogP contribution in [0.15, 0.2) is 24.3 Å². The van der Waals surface area contributed by atoms with Crippen molar-refractivity contribution in [2.75, 3.05) is 6.61 Å². The molecule has 0 saturated carbocycles. The van der Waals surface area contributed by atoms with Gasteiger partial charge in [-0.2, -0.15) is 0 Å². The topological polar surface area (TPSA) is 21.3 Å². The van der Waals surface area contributed by atoms with Gasteiger partial charge in [0.2, 0.25) is 0 Å². The molecule has 1 heterocycles. The molecule has 1 aliphatic heterocycles. The summed E-state index contributed by atoms with van der Waals surface area (Å²) in [6, 6.07) is 9.49. The van der Waals surface area contributed by atoms with E-state index < -0.39 is 0 Å². The molecule has 2 heteroatoms. The molecule has 21 heavy (non-hydrogen) atoms. The van der Waals surface area contributed by atoms with Crippen molar-refractivity contribution in [3.63, 3.8) is 0 Å². The summed E-state index contributed by atoms with van der Waals surface area (Å²) < 4.78 is 5.80. The van der Waals surface area contributed by atoms with E-state index in [4.69, 9.17) is 4.74 Å². The third-order valence-corrected chi connectivity index (χ3v) is 4.45. The maximum absolute atomic E-state index is 5.80. The maximum atomic E-state index is 5.80. The predicted molar refractivity (Wildman–Crippen MR) is 89.9 cm³/mol. The Kier molecular flexibility index (Phi) is 7.08. The van der Waals surface area contributed by atoms with Crippen LogP contribution in [0.5, 0.6) is 5.75 Å². The Morgan fingerprint density at radius 2 is 1.71 bits per heavy atom.